The summed E-state index contributed by atoms with van der Waals surface area (Å²) in [4.78, 5) is 33.2. The maximum absolute atomic E-state index is 13.3. The number of carboxylic acid groups (broad SMARTS) is 1. The Kier molecular flexibility index (Phi) is 7.85. The standard InChI is InChI=1S/C28H27FN4O3/c29-17-20(30)10-4-5-13-25(26-31-23-11-6-7-12-24(23)32-26)33-27(34)21-15-14-19(16-22(21)28(35)36)18-8-2-1-3-9-18/h1-3,6-9,11-12,14-16,25,30H,4-5,10,13,17H2,(H,31,32)(H,33,34)(H,35,36)/t25-/m0/s1. The second kappa shape index (κ2) is 11.4. The Morgan fingerprint density at radius 2 is 1.72 bits per heavy atom. The van der Waals surface area contributed by atoms with E-state index >= 15 is 0 Å². The number of imidazole rings is 1. The summed E-state index contributed by atoms with van der Waals surface area (Å²) >= 11 is 0. The second-order valence-electron chi connectivity index (χ2n) is 8.58. The Labute approximate surface area is 207 Å². The molecule has 0 radical (unpaired) electrons. The molecule has 184 valence electrons. The summed E-state index contributed by atoms with van der Waals surface area (Å²) < 4.78 is 12.6. The molecule has 0 saturated carbocycles. The number of amides is 1. The van der Waals surface area contributed by atoms with Crippen LogP contribution in [0.15, 0.2) is 72.8 Å². The summed E-state index contributed by atoms with van der Waals surface area (Å²) in [7, 11) is 0. The van der Waals surface area contributed by atoms with Gasteiger partial charge < -0.3 is 20.8 Å². The number of aromatic amines is 1. The van der Waals surface area contributed by atoms with E-state index in [2.05, 4.69) is 15.3 Å². The first-order valence-electron chi connectivity index (χ1n) is 11.8. The molecule has 1 heterocycles. The van der Waals surface area contributed by atoms with E-state index in [0.29, 0.717) is 37.1 Å². The Morgan fingerprint density at radius 1 is 0.972 bits per heavy atom. The number of aromatic nitrogens is 2. The van der Waals surface area contributed by atoms with Gasteiger partial charge in [-0.1, -0.05) is 55.0 Å². The molecule has 0 aliphatic rings. The van der Waals surface area contributed by atoms with Crippen LogP contribution in [0.25, 0.3) is 22.2 Å². The number of rotatable bonds is 11. The summed E-state index contributed by atoms with van der Waals surface area (Å²) in [6, 6.07) is 21.1. The van der Waals surface area contributed by atoms with Crippen molar-refractivity contribution in [2.24, 2.45) is 0 Å². The molecule has 0 aliphatic carbocycles. The highest BCUT2D eigenvalue weighted by atomic mass is 19.1. The van der Waals surface area contributed by atoms with Crippen LogP contribution in [0.1, 0.15) is 58.3 Å². The van der Waals surface area contributed by atoms with E-state index in [1.807, 2.05) is 54.6 Å². The highest BCUT2D eigenvalue weighted by Gasteiger charge is 2.23. The van der Waals surface area contributed by atoms with Crippen LogP contribution in [-0.4, -0.2) is 39.3 Å². The van der Waals surface area contributed by atoms with Gasteiger partial charge in [-0.25, -0.2) is 14.2 Å². The predicted molar refractivity (Wildman–Crippen MR) is 137 cm³/mol. The molecule has 4 rings (SSSR count). The van der Waals surface area contributed by atoms with Crippen molar-refractivity contribution in [1.29, 1.82) is 5.41 Å². The van der Waals surface area contributed by atoms with Gasteiger partial charge in [0.05, 0.1) is 28.2 Å². The molecule has 1 amide bonds. The largest absolute Gasteiger partial charge is 0.478 e. The number of benzene rings is 3. The normalized spacial score (nSPS) is 11.8. The number of carboxylic acids is 1. The number of carbonyl (C=O) groups is 2. The number of carbonyl (C=O) groups excluding carboxylic acids is 1. The molecule has 3 aromatic carbocycles. The molecule has 0 saturated heterocycles. The summed E-state index contributed by atoms with van der Waals surface area (Å²) in [5.74, 6) is -1.15. The van der Waals surface area contributed by atoms with Crippen molar-refractivity contribution in [3.05, 3.63) is 89.7 Å². The minimum atomic E-state index is -1.19. The smallest absolute Gasteiger partial charge is 0.336 e. The van der Waals surface area contributed by atoms with Gasteiger partial charge in [-0.05, 0) is 54.7 Å². The third-order valence-electron chi connectivity index (χ3n) is 6.03. The van der Waals surface area contributed by atoms with Gasteiger partial charge >= 0.3 is 5.97 Å². The van der Waals surface area contributed by atoms with Crippen LogP contribution in [0, 0.1) is 5.41 Å². The summed E-state index contributed by atoms with van der Waals surface area (Å²) in [6.07, 6.45) is 2.07. The van der Waals surface area contributed by atoms with Gasteiger partial charge in [-0.3, -0.25) is 4.79 Å². The van der Waals surface area contributed by atoms with Crippen molar-refractivity contribution < 1.29 is 19.1 Å². The molecule has 0 bridgehead atoms. The van der Waals surface area contributed by atoms with Crippen molar-refractivity contribution in [1.82, 2.24) is 15.3 Å². The van der Waals surface area contributed by atoms with Crippen LogP contribution in [0.2, 0.25) is 0 Å². The van der Waals surface area contributed by atoms with E-state index in [4.69, 9.17) is 5.41 Å². The number of halogens is 1. The fourth-order valence-corrected chi connectivity index (χ4v) is 4.13. The molecule has 8 heteroatoms. The Hall–Kier alpha value is -4.33. The Morgan fingerprint density at radius 3 is 2.44 bits per heavy atom. The third-order valence-corrected chi connectivity index (χ3v) is 6.03. The minimum absolute atomic E-state index is 0.0453. The predicted octanol–water partition coefficient (Wildman–Crippen LogP) is 5.95. The van der Waals surface area contributed by atoms with Crippen LogP contribution in [0.3, 0.4) is 0 Å². The van der Waals surface area contributed by atoms with Crippen LogP contribution in [-0.2, 0) is 0 Å². The van der Waals surface area contributed by atoms with Gasteiger partial charge in [-0.15, -0.1) is 0 Å². The fourth-order valence-electron chi connectivity index (χ4n) is 4.13. The van der Waals surface area contributed by atoms with E-state index in [9.17, 15) is 19.1 Å². The number of fused-ring (bicyclic) bond motifs is 1. The number of alkyl halides is 1. The van der Waals surface area contributed by atoms with Crippen LogP contribution < -0.4 is 5.32 Å². The molecule has 1 aromatic heterocycles. The molecule has 0 unspecified atom stereocenters. The zero-order valence-corrected chi connectivity index (χ0v) is 19.6. The maximum Gasteiger partial charge on any atom is 0.336 e. The van der Waals surface area contributed by atoms with E-state index in [0.717, 1.165) is 16.6 Å². The lowest BCUT2D eigenvalue weighted by molar-refractivity contribution is 0.0690. The summed E-state index contributed by atoms with van der Waals surface area (Å²) in [5.41, 5.74) is 3.15. The molecule has 7 nitrogen and oxygen atoms in total. The topological polar surface area (TPSA) is 119 Å². The average Bonchev–Trinajstić information content (AvgIpc) is 3.34. The molecule has 0 fully saturated rings. The lowest BCUT2D eigenvalue weighted by atomic mass is 9.98. The number of hydrogen-bond acceptors (Lipinski definition) is 4. The molecule has 0 aliphatic heterocycles. The number of hydrogen-bond donors (Lipinski definition) is 4. The monoisotopic (exact) mass is 486 g/mol. The van der Waals surface area contributed by atoms with Gasteiger partial charge in [-0.2, -0.15) is 0 Å². The fraction of sp³-hybridized carbons (Fsp3) is 0.214. The average molecular weight is 487 g/mol. The number of nitrogens with zero attached hydrogens (tertiary/aromatic N) is 1. The zero-order chi connectivity index (χ0) is 25.5. The third kappa shape index (κ3) is 5.83. The van der Waals surface area contributed by atoms with Crippen molar-refractivity contribution in [3.8, 4) is 11.1 Å². The number of H-pyrrole nitrogens is 1. The van der Waals surface area contributed by atoms with Gasteiger partial charge in [0.25, 0.3) is 5.91 Å². The molecule has 36 heavy (non-hydrogen) atoms. The quantitative estimate of drug-likeness (QED) is 0.155. The van der Waals surface area contributed by atoms with E-state index in [-0.39, 0.29) is 16.8 Å². The highest BCUT2D eigenvalue weighted by Crippen LogP contribution is 2.25. The van der Waals surface area contributed by atoms with Crippen LogP contribution in [0.4, 0.5) is 4.39 Å². The number of aromatic carboxylic acids is 1. The molecular weight excluding hydrogens is 459 g/mol. The SMILES string of the molecule is N=C(CF)CCCC[C@H](NC(=O)c1ccc(-c2ccccc2)cc1C(=O)O)c1nc2ccccc2[nH]1. The molecule has 1 atom stereocenters. The molecule has 4 N–H and O–H groups in total. The van der Waals surface area contributed by atoms with Crippen molar-refractivity contribution in [3.63, 3.8) is 0 Å². The maximum atomic E-state index is 13.3. The first-order chi connectivity index (χ1) is 17.5. The van der Waals surface area contributed by atoms with Gasteiger partial charge in [0.2, 0.25) is 0 Å². The van der Waals surface area contributed by atoms with E-state index < -0.39 is 24.6 Å². The number of nitrogens with one attached hydrogen (secondary N) is 3. The van der Waals surface area contributed by atoms with E-state index in [1.54, 1.807) is 6.07 Å². The summed E-state index contributed by atoms with van der Waals surface area (Å²) in [5, 5.41) is 20.3. The molecule has 0 spiro atoms. The van der Waals surface area contributed by atoms with Crippen LogP contribution in [0.5, 0.6) is 0 Å². The second-order valence-corrected chi connectivity index (χ2v) is 8.58. The van der Waals surface area contributed by atoms with Crippen molar-refractivity contribution >= 4 is 28.6 Å². The number of para-hydroxylation sites is 2. The van der Waals surface area contributed by atoms with Crippen molar-refractivity contribution in [2.45, 2.75) is 31.7 Å². The van der Waals surface area contributed by atoms with Gasteiger partial charge in [0.1, 0.15) is 12.5 Å². The number of unbranched alkanes of at least 4 members (excludes halogenated alkanes) is 1. The minimum Gasteiger partial charge on any atom is -0.478 e. The molecule has 4 aromatic rings. The lowest BCUT2D eigenvalue weighted by Crippen LogP contribution is -2.30. The Bertz CT molecular complexity index is 1350. The lowest BCUT2D eigenvalue weighted by Gasteiger charge is -2.18. The summed E-state index contributed by atoms with van der Waals surface area (Å²) in [6.45, 7) is -0.763. The van der Waals surface area contributed by atoms with E-state index in [1.165, 1.54) is 12.1 Å². The molecular formula is C28H27FN4O3. The van der Waals surface area contributed by atoms with Crippen LogP contribution >= 0.6 is 0 Å². The Balaban J connectivity index is 1.59. The highest BCUT2D eigenvalue weighted by molar-refractivity contribution is 6.05. The first-order valence-corrected chi connectivity index (χ1v) is 11.8. The van der Waals surface area contributed by atoms with Gasteiger partial charge in [0, 0.05) is 5.71 Å². The van der Waals surface area contributed by atoms with Gasteiger partial charge in [0.15, 0.2) is 0 Å². The zero-order valence-electron chi connectivity index (χ0n) is 19.6. The van der Waals surface area contributed by atoms with Crippen molar-refractivity contribution in [2.75, 3.05) is 6.67 Å². The first kappa shape index (κ1) is 24.8.